The molecule has 0 radical (unpaired) electrons. The van der Waals surface area contributed by atoms with E-state index in [-0.39, 0.29) is 5.56 Å². The lowest BCUT2D eigenvalue weighted by Gasteiger charge is -2.04. The number of aromatic nitrogens is 1. The van der Waals surface area contributed by atoms with Crippen LogP contribution in [0, 0.1) is 5.82 Å². The second-order valence-electron chi connectivity index (χ2n) is 3.01. The van der Waals surface area contributed by atoms with Gasteiger partial charge in [-0.25, -0.2) is 4.39 Å². The van der Waals surface area contributed by atoms with E-state index >= 15 is 0 Å². The summed E-state index contributed by atoms with van der Waals surface area (Å²) in [7, 11) is 0. The lowest BCUT2D eigenvalue weighted by molar-refractivity contribution is 0.0949. The lowest BCUT2D eigenvalue weighted by atomic mass is 10.2. The van der Waals surface area contributed by atoms with Crippen molar-refractivity contribution in [1.29, 1.82) is 0 Å². The van der Waals surface area contributed by atoms with Crippen LogP contribution in [-0.2, 0) is 0 Å². The molecule has 0 saturated heterocycles. The van der Waals surface area contributed by atoms with E-state index < -0.39 is 11.7 Å². The van der Waals surface area contributed by atoms with Crippen molar-refractivity contribution in [2.75, 3.05) is 12.4 Å². The molecule has 0 aromatic carbocycles. The van der Waals surface area contributed by atoms with Crippen LogP contribution < -0.4 is 5.32 Å². The number of rotatable bonds is 5. The van der Waals surface area contributed by atoms with Gasteiger partial charge in [0.2, 0.25) is 0 Å². The van der Waals surface area contributed by atoms with Crippen molar-refractivity contribution in [3.05, 3.63) is 29.8 Å². The Hall–Kier alpha value is -1.16. The predicted octanol–water partition coefficient (Wildman–Crippen LogP) is 1.97. The van der Waals surface area contributed by atoms with Crippen LogP contribution in [0.25, 0.3) is 0 Å². The highest BCUT2D eigenvalue weighted by Crippen LogP contribution is 2.03. The number of nitrogens with zero attached hydrogens (tertiary/aromatic N) is 1. The van der Waals surface area contributed by atoms with Crippen molar-refractivity contribution < 1.29 is 9.18 Å². The molecule has 0 fully saturated rings. The molecule has 3 nitrogen and oxygen atoms in total. The molecule has 0 atom stereocenters. The number of amides is 1. The van der Waals surface area contributed by atoms with E-state index in [1.807, 2.05) is 0 Å². The topological polar surface area (TPSA) is 42.0 Å². The van der Waals surface area contributed by atoms with Crippen molar-refractivity contribution in [3.63, 3.8) is 0 Å². The van der Waals surface area contributed by atoms with E-state index in [0.29, 0.717) is 12.4 Å². The number of pyridine rings is 1. The van der Waals surface area contributed by atoms with E-state index in [9.17, 15) is 9.18 Å². The summed E-state index contributed by atoms with van der Waals surface area (Å²) < 4.78 is 13.1. The number of hydrogen-bond donors (Lipinski definition) is 1. The maximum absolute atomic E-state index is 13.1. The highest BCUT2D eigenvalue weighted by atomic mass is 35.5. The average molecular weight is 231 g/mol. The summed E-state index contributed by atoms with van der Waals surface area (Å²) in [6.07, 6.45) is 4.03. The minimum absolute atomic E-state index is 0.0240. The Kier molecular flexibility index (Phi) is 5.04. The van der Waals surface area contributed by atoms with Gasteiger partial charge in [-0.15, -0.1) is 11.6 Å². The van der Waals surface area contributed by atoms with Crippen molar-refractivity contribution in [2.24, 2.45) is 0 Å². The fourth-order valence-electron chi connectivity index (χ4n) is 1.08. The number of halogens is 2. The molecule has 82 valence electrons. The largest absolute Gasteiger partial charge is 0.352 e. The molecule has 5 heteroatoms. The molecule has 0 unspecified atom stereocenters. The summed E-state index contributed by atoms with van der Waals surface area (Å²) in [4.78, 5) is 15.0. The zero-order chi connectivity index (χ0) is 11.1. The molecular formula is C10H12ClFN2O. The Labute approximate surface area is 92.7 Å². The normalized spacial score (nSPS) is 10.0. The van der Waals surface area contributed by atoms with Crippen LogP contribution in [0.2, 0.25) is 0 Å². The molecule has 0 aliphatic carbocycles. The van der Waals surface area contributed by atoms with Gasteiger partial charge >= 0.3 is 0 Å². The molecule has 1 rings (SSSR count). The Morgan fingerprint density at radius 3 is 3.00 bits per heavy atom. The summed E-state index contributed by atoms with van der Waals surface area (Å²) in [6.45, 7) is 0.507. The summed E-state index contributed by atoms with van der Waals surface area (Å²) in [6, 6.07) is 1.35. The van der Waals surface area contributed by atoms with Gasteiger partial charge in [0.1, 0.15) is 0 Å². The number of alkyl halides is 1. The van der Waals surface area contributed by atoms with Gasteiger partial charge in [0.15, 0.2) is 5.82 Å². The van der Waals surface area contributed by atoms with E-state index in [2.05, 4.69) is 10.3 Å². The van der Waals surface area contributed by atoms with Crippen molar-refractivity contribution >= 4 is 17.5 Å². The first-order valence-corrected chi connectivity index (χ1v) is 5.23. The van der Waals surface area contributed by atoms with Crippen LogP contribution in [0.1, 0.15) is 23.2 Å². The molecule has 1 heterocycles. The van der Waals surface area contributed by atoms with Crippen LogP contribution >= 0.6 is 11.6 Å². The molecule has 1 aromatic rings. The monoisotopic (exact) mass is 230 g/mol. The highest BCUT2D eigenvalue weighted by molar-refractivity contribution is 6.17. The Bertz CT molecular complexity index is 333. The zero-order valence-corrected chi connectivity index (χ0v) is 8.93. The molecule has 1 N–H and O–H groups in total. The third-order valence-corrected chi connectivity index (χ3v) is 2.13. The molecule has 1 amide bonds. The van der Waals surface area contributed by atoms with Crippen LogP contribution in [0.5, 0.6) is 0 Å². The van der Waals surface area contributed by atoms with Crippen molar-refractivity contribution in [2.45, 2.75) is 12.8 Å². The molecule has 0 aliphatic heterocycles. The smallest absolute Gasteiger partial charge is 0.254 e. The maximum atomic E-state index is 13.1. The Morgan fingerprint density at radius 2 is 2.33 bits per heavy atom. The summed E-state index contributed by atoms with van der Waals surface area (Å²) in [5.41, 5.74) is 0.0240. The van der Waals surface area contributed by atoms with Gasteiger partial charge in [0.05, 0.1) is 11.8 Å². The number of nitrogens with one attached hydrogen (secondary N) is 1. The molecule has 0 bridgehead atoms. The first-order chi connectivity index (χ1) is 7.25. The van der Waals surface area contributed by atoms with Crippen molar-refractivity contribution in [3.8, 4) is 0 Å². The van der Waals surface area contributed by atoms with Gasteiger partial charge in [-0.2, -0.15) is 0 Å². The van der Waals surface area contributed by atoms with Crippen molar-refractivity contribution in [1.82, 2.24) is 10.3 Å². The van der Waals surface area contributed by atoms with Gasteiger partial charge in [-0.1, -0.05) is 0 Å². The first kappa shape index (κ1) is 11.9. The first-order valence-electron chi connectivity index (χ1n) is 4.69. The third kappa shape index (κ3) is 3.83. The second-order valence-corrected chi connectivity index (χ2v) is 3.39. The standard InChI is InChI=1S/C10H12ClFN2O/c11-4-1-2-5-14-10(15)8-3-6-13-7-9(8)12/h3,6-7H,1-2,4-5H2,(H,14,15). The van der Waals surface area contributed by atoms with Crippen LogP contribution in [-0.4, -0.2) is 23.3 Å². The molecule has 0 aliphatic rings. The van der Waals surface area contributed by atoms with Gasteiger partial charge in [0, 0.05) is 18.6 Å². The minimum Gasteiger partial charge on any atom is -0.352 e. The predicted molar refractivity (Wildman–Crippen MR) is 56.5 cm³/mol. The summed E-state index contributed by atoms with van der Waals surface area (Å²) in [5.74, 6) is -0.448. The van der Waals surface area contributed by atoms with E-state index in [0.717, 1.165) is 19.0 Å². The van der Waals surface area contributed by atoms with Crippen LogP contribution in [0.3, 0.4) is 0 Å². The van der Waals surface area contributed by atoms with E-state index in [1.54, 1.807) is 0 Å². The lowest BCUT2D eigenvalue weighted by Crippen LogP contribution is -2.25. The second kappa shape index (κ2) is 6.35. The summed E-state index contributed by atoms with van der Waals surface area (Å²) in [5, 5.41) is 2.61. The number of carbonyl (C=O) groups excluding carboxylic acids is 1. The van der Waals surface area contributed by atoms with Gasteiger partial charge < -0.3 is 5.32 Å². The Balaban J connectivity index is 2.44. The molecule has 0 saturated carbocycles. The van der Waals surface area contributed by atoms with Gasteiger partial charge in [-0.05, 0) is 18.9 Å². The van der Waals surface area contributed by atoms with Gasteiger partial charge in [0.25, 0.3) is 5.91 Å². The number of unbranched alkanes of at least 4 members (excludes halogenated alkanes) is 1. The van der Waals surface area contributed by atoms with Gasteiger partial charge in [-0.3, -0.25) is 9.78 Å². The fraction of sp³-hybridized carbons (Fsp3) is 0.400. The average Bonchev–Trinajstić information content (AvgIpc) is 2.25. The van der Waals surface area contributed by atoms with Crippen LogP contribution in [0.4, 0.5) is 4.39 Å². The number of carbonyl (C=O) groups is 1. The zero-order valence-electron chi connectivity index (χ0n) is 8.17. The fourth-order valence-corrected chi connectivity index (χ4v) is 1.26. The molecular weight excluding hydrogens is 219 g/mol. The summed E-state index contributed by atoms with van der Waals surface area (Å²) >= 11 is 5.48. The molecule has 0 spiro atoms. The Morgan fingerprint density at radius 1 is 1.53 bits per heavy atom. The van der Waals surface area contributed by atoms with E-state index in [1.165, 1.54) is 12.3 Å². The molecule has 15 heavy (non-hydrogen) atoms. The minimum atomic E-state index is -0.604. The highest BCUT2D eigenvalue weighted by Gasteiger charge is 2.09. The molecule has 1 aromatic heterocycles. The maximum Gasteiger partial charge on any atom is 0.254 e. The van der Waals surface area contributed by atoms with E-state index in [4.69, 9.17) is 11.6 Å². The quantitative estimate of drug-likeness (QED) is 0.621. The number of hydrogen-bond acceptors (Lipinski definition) is 2. The third-order valence-electron chi connectivity index (χ3n) is 1.86. The van der Waals surface area contributed by atoms with Crippen LogP contribution in [0.15, 0.2) is 18.5 Å². The SMILES string of the molecule is O=C(NCCCCCl)c1ccncc1F.